The second-order valence-corrected chi connectivity index (χ2v) is 9.18. The lowest BCUT2D eigenvalue weighted by atomic mass is 9.57. The van der Waals surface area contributed by atoms with Gasteiger partial charge in [-0.1, -0.05) is 13.0 Å². The number of halogens is 2. The number of nitrogens with one attached hydrogen (secondary N) is 1. The second kappa shape index (κ2) is 4.96. The van der Waals surface area contributed by atoms with Gasteiger partial charge in [0.1, 0.15) is 23.1 Å². The van der Waals surface area contributed by atoms with E-state index in [4.69, 9.17) is 4.74 Å². The molecule has 0 saturated heterocycles. The van der Waals surface area contributed by atoms with E-state index in [1.165, 1.54) is 24.3 Å². The number of hydrogen-bond donors (Lipinski definition) is 1. The van der Waals surface area contributed by atoms with Crippen molar-refractivity contribution < 1.29 is 13.5 Å². The summed E-state index contributed by atoms with van der Waals surface area (Å²) in [5.74, 6) is 1.19. The molecule has 4 aliphatic carbocycles. The van der Waals surface area contributed by atoms with Crippen molar-refractivity contribution in [2.45, 2.75) is 24.9 Å². The van der Waals surface area contributed by atoms with Gasteiger partial charge in [-0.05, 0) is 59.9 Å². The molecule has 7 rings (SSSR count). The van der Waals surface area contributed by atoms with Crippen LogP contribution in [0.4, 0.5) is 8.78 Å². The van der Waals surface area contributed by atoms with E-state index < -0.39 is 17.2 Å². The number of pyridine rings is 1. The maximum Gasteiger partial charge on any atom is 0.248 e. The SMILES string of the molecule is CC12C3C4C[C@]1(Oc1ccc(=O)[nH]c1)c1nnc(-c5c(F)cccc5F)cc1[C@H]4C32. The lowest BCUT2D eigenvalue weighted by Gasteiger charge is -2.52. The van der Waals surface area contributed by atoms with Crippen molar-refractivity contribution in [1.29, 1.82) is 0 Å². The number of hydrogen-bond acceptors (Lipinski definition) is 4. The van der Waals surface area contributed by atoms with E-state index in [9.17, 15) is 13.6 Å². The summed E-state index contributed by atoms with van der Waals surface area (Å²) in [4.78, 5) is 14.1. The summed E-state index contributed by atoms with van der Waals surface area (Å²) < 4.78 is 35.2. The zero-order valence-electron chi connectivity index (χ0n) is 16.0. The Morgan fingerprint density at radius 2 is 1.93 bits per heavy atom. The molecule has 3 saturated carbocycles. The summed E-state index contributed by atoms with van der Waals surface area (Å²) in [5, 5.41) is 8.73. The van der Waals surface area contributed by atoms with Gasteiger partial charge in [0.15, 0.2) is 5.60 Å². The Hall–Kier alpha value is -3.09. The molecule has 30 heavy (non-hydrogen) atoms. The zero-order valence-corrected chi connectivity index (χ0v) is 16.0. The van der Waals surface area contributed by atoms with Crippen molar-refractivity contribution >= 4 is 0 Å². The highest BCUT2D eigenvalue weighted by molar-refractivity contribution is 5.64. The Morgan fingerprint density at radius 3 is 2.60 bits per heavy atom. The van der Waals surface area contributed by atoms with Crippen molar-refractivity contribution in [3.05, 3.63) is 75.8 Å². The van der Waals surface area contributed by atoms with Gasteiger partial charge in [0.05, 0.1) is 11.3 Å². The van der Waals surface area contributed by atoms with Crippen LogP contribution in [0.3, 0.4) is 0 Å². The number of nitrogens with zero attached hydrogens (tertiary/aromatic N) is 2. The number of benzene rings is 1. The van der Waals surface area contributed by atoms with Crippen LogP contribution in [0.1, 0.15) is 30.5 Å². The first kappa shape index (κ1) is 16.7. The Labute approximate surface area is 170 Å². The number of fused-ring (bicyclic) bond motifs is 4. The summed E-state index contributed by atoms with van der Waals surface area (Å²) in [6.45, 7) is 2.25. The molecule has 2 heterocycles. The third kappa shape index (κ3) is 1.65. The molecule has 0 radical (unpaired) electrons. The van der Waals surface area contributed by atoms with Crippen LogP contribution < -0.4 is 10.3 Å². The number of rotatable bonds is 3. The molecule has 6 atom stereocenters. The van der Waals surface area contributed by atoms with E-state index in [2.05, 4.69) is 22.1 Å². The minimum absolute atomic E-state index is 0.0229. The number of H-pyrrole nitrogens is 1. The fraction of sp³-hybridized carbons (Fsp3) is 0.348. The van der Waals surface area contributed by atoms with Crippen LogP contribution in [0, 0.1) is 34.8 Å². The molecular weight excluding hydrogens is 388 g/mol. The van der Waals surface area contributed by atoms with Crippen LogP contribution >= 0.6 is 0 Å². The third-order valence-electron chi connectivity index (χ3n) is 8.20. The van der Waals surface area contributed by atoms with Gasteiger partial charge >= 0.3 is 0 Å². The molecule has 4 unspecified atom stereocenters. The van der Waals surface area contributed by atoms with Crippen molar-refractivity contribution in [3.63, 3.8) is 0 Å². The van der Waals surface area contributed by atoms with E-state index in [0.29, 0.717) is 29.4 Å². The minimum atomic E-state index is -0.646. The van der Waals surface area contributed by atoms with E-state index in [0.717, 1.165) is 17.7 Å². The minimum Gasteiger partial charge on any atom is -0.479 e. The molecule has 3 fully saturated rings. The normalized spacial score (nSPS) is 36.1. The summed E-state index contributed by atoms with van der Waals surface area (Å²) >= 11 is 0. The van der Waals surface area contributed by atoms with Crippen LogP contribution in [0.15, 0.2) is 47.4 Å². The zero-order chi connectivity index (χ0) is 20.4. The Morgan fingerprint density at radius 1 is 1.13 bits per heavy atom. The largest absolute Gasteiger partial charge is 0.479 e. The Balaban J connectivity index is 1.40. The fourth-order valence-corrected chi connectivity index (χ4v) is 7.05. The quantitative estimate of drug-likeness (QED) is 0.720. The fourth-order valence-electron chi connectivity index (χ4n) is 7.05. The van der Waals surface area contributed by atoms with Crippen LogP contribution in [0.25, 0.3) is 11.3 Å². The third-order valence-corrected chi connectivity index (χ3v) is 8.20. The molecule has 0 aliphatic heterocycles. The molecule has 2 aromatic heterocycles. The first-order valence-electron chi connectivity index (χ1n) is 10.2. The maximum absolute atomic E-state index is 14.3. The van der Waals surface area contributed by atoms with Gasteiger partial charge < -0.3 is 9.72 Å². The van der Waals surface area contributed by atoms with Crippen LogP contribution in [0.2, 0.25) is 0 Å². The lowest BCUT2D eigenvalue weighted by Crippen LogP contribution is -2.52. The van der Waals surface area contributed by atoms with Gasteiger partial charge in [-0.25, -0.2) is 8.78 Å². The lowest BCUT2D eigenvalue weighted by molar-refractivity contribution is -0.0560. The molecule has 5 nitrogen and oxygen atoms in total. The molecule has 7 heteroatoms. The van der Waals surface area contributed by atoms with Crippen molar-refractivity contribution in [3.8, 4) is 17.0 Å². The van der Waals surface area contributed by atoms with Crippen molar-refractivity contribution in [2.24, 2.45) is 23.2 Å². The van der Waals surface area contributed by atoms with Gasteiger partial charge in [-0.15, -0.1) is 5.10 Å². The number of aromatic amines is 1. The molecule has 150 valence electrons. The predicted octanol–water partition coefficient (Wildman–Crippen LogP) is 3.77. The van der Waals surface area contributed by atoms with E-state index >= 15 is 0 Å². The highest BCUT2D eigenvalue weighted by Crippen LogP contribution is 2.93. The van der Waals surface area contributed by atoms with Crippen molar-refractivity contribution in [1.82, 2.24) is 15.2 Å². The smallest absolute Gasteiger partial charge is 0.248 e. The topological polar surface area (TPSA) is 67.9 Å². The monoisotopic (exact) mass is 405 g/mol. The number of ether oxygens (including phenoxy) is 1. The van der Waals surface area contributed by atoms with Crippen LogP contribution in [-0.4, -0.2) is 15.2 Å². The van der Waals surface area contributed by atoms with Gasteiger partial charge in [0, 0.05) is 17.7 Å². The maximum atomic E-state index is 14.3. The molecule has 1 aromatic carbocycles. The standard InChI is InChI=1S/C23H17F2N3O2/c1-22-19-12-8-23(22,30-10-5-6-16(29)26-9-10)21-11(17(12)20(19)22)7-15(27-28-21)18-13(24)3-2-4-14(18)25/h2-7,9,12,17,19-20H,8H2,1H3,(H,26,29)/t12?,17-,19?,20?,22?,23+/m1/s1. The average molecular weight is 405 g/mol. The average Bonchev–Trinajstić information content (AvgIpc) is 3.23. The first-order chi connectivity index (χ1) is 14.5. The van der Waals surface area contributed by atoms with Crippen LogP contribution in [-0.2, 0) is 5.60 Å². The summed E-state index contributed by atoms with van der Waals surface area (Å²) in [7, 11) is 0. The summed E-state index contributed by atoms with van der Waals surface area (Å²) in [5.41, 5.74) is 1.01. The van der Waals surface area contributed by atoms with E-state index in [-0.39, 0.29) is 22.2 Å². The summed E-state index contributed by atoms with van der Waals surface area (Å²) in [6, 6.07) is 8.72. The first-order valence-corrected chi connectivity index (χ1v) is 10.2. The highest BCUT2D eigenvalue weighted by atomic mass is 19.1. The molecule has 3 aromatic rings. The van der Waals surface area contributed by atoms with Crippen molar-refractivity contribution in [2.75, 3.05) is 0 Å². The molecule has 0 spiro atoms. The second-order valence-electron chi connectivity index (χ2n) is 9.18. The molecule has 0 bridgehead atoms. The molecule has 0 amide bonds. The predicted molar refractivity (Wildman–Crippen MR) is 103 cm³/mol. The van der Waals surface area contributed by atoms with Gasteiger partial charge in [0.25, 0.3) is 0 Å². The van der Waals surface area contributed by atoms with Gasteiger partial charge in [0.2, 0.25) is 5.56 Å². The Kier molecular flexibility index (Phi) is 2.76. The molecular formula is C23H17F2N3O2. The van der Waals surface area contributed by atoms with Gasteiger partial charge in [-0.2, -0.15) is 5.10 Å². The summed E-state index contributed by atoms with van der Waals surface area (Å²) in [6.07, 6.45) is 2.42. The Bertz CT molecular complexity index is 1280. The molecule has 1 N–H and O–H groups in total. The highest BCUT2D eigenvalue weighted by Gasteiger charge is 2.92. The van der Waals surface area contributed by atoms with E-state index in [1.807, 2.05) is 0 Å². The van der Waals surface area contributed by atoms with E-state index in [1.54, 1.807) is 18.3 Å². The number of aromatic nitrogens is 3. The van der Waals surface area contributed by atoms with Gasteiger partial charge in [-0.3, -0.25) is 4.79 Å². The molecule has 4 aliphatic rings. The van der Waals surface area contributed by atoms with Crippen LogP contribution in [0.5, 0.6) is 5.75 Å².